The van der Waals surface area contributed by atoms with Crippen molar-refractivity contribution in [2.45, 2.75) is 26.2 Å². The maximum absolute atomic E-state index is 5.72. The molecule has 0 unspecified atom stereocenters. The predicted molar refractivity (Wildman–Crippen MR) is 121 cm³/mol. The molecule has 0 bridgehead atoms. The Kier molecular flexibility index (Phi) is 10.7. The van der Waals surface area contributed by atoms with E-state index in [-0.39, 0.29) is 0 Å². The van der Waals surface area contributed by atoms with Crippen molar-refractivity contribution in [2.75, 3.05) is 43.9 Å². The molecule has 0 aliphatic carbocycles. The van der Waals surface area contributed by atoms with Crippen LogP contribution >= 0.6 is 12.8 Å². The average molecular weight is 419 g/mol. The van der Waals surface area contributed by atoms with E-state index >= 15 is 0 Å². The number of nitrogens with zero attached hydrogens (tertiary/aromatic N) is 4. The second kappa shape index (κ2) is 13.6. The normalized spacial score (nSPS) is 11.1. The van der Waals surface area contributed by atoms with Crippen molar-refractivity contribution >= 4 is 30.5 Å². The van der Waals surface area contributed by atoms with E-state index in [1.54, 1.807) is 18.6 Å². The van der Waals surface area contributed by atoms with E-state index in [1.807, 2.05) is 35.5 Å². The molecule has 29 heavy (non-hydrogen) atoms. The summed E-state index contributed by atoms with van der Waals surface area (Å²) in [4.78, 5) is 13.1. The Morgan fingerprint density at radius 3 is 2.86 bits per heavy atom. The lowest BCUT2D eigenvalue weighted by molar-refractivity contribution is 0.160. The number of hydrogen-bond donors (Lipinski definition) is 3. The zero-order chi connectivity index (χ0) is 20.7. The maximum atomic E-state index is 5.72. The van der Waals surface area contributed by atoms with Gasteiger partial charge in [0.15, 0.2) is 0 Å². The Balaban J connectivity index is 1.49. The van der Waals surface area contributed by atoms with Crippen LogP contribution in [0, 0.1) is 0 Å². The number of rotatable bonds is 14. The number of nitrogen functional groups attached to an aromatic ring is 1. The lowest BCUT2D eigenvalue weighted by atomic mass is 10.2. The van der Waals surface area contributed by atoms with Crippen molar-refractivity contribution in [3.63, 3.8) is 0 Å². The molecule has 0 aliphatic rings. The third-order valence-corrected chi connectivity index (χ3v) is 4.36. The zero-order valence-corrected chi connectivity index (χ0v) is 17.7. The lowest BCUT2D eigenvalue weighted by Gasteiger charge is -2.16. The van der Waals surface area contributed by atoms with Gasteiger partial charge < -0.3 is 20.6 Å². The van der Waals surface area contributed by atoms with Crippen LogP contribution in [0.25, 0.3) is 0 Å². The summed E-state index contributed by atoms with van der Waals surface area (Å²) in [6, 6.07) is 7.46. The van der Waals surface area contributed by atoms with Gasteiger partial charge in [-0.3, -0.25) is 9.29 Å². The third-order valence-electron chi connectivity index (χ3n) is 3.96. The van der Waals surface area contributed by atoms with E-state index in [0.717, 1.165) is 56.0 Å². The Bertz CT molecular complexity index is 729. The van der Waals surface area contributed by atoms with E-state index in [9.17, 15) is 0 Å². The molecular weight excluding hydrogens is 388 g/mol. The fraction of sp³-hybridized carbons (Fsp3) is 0.450. The number of anilines is 2. The summed E-state index contributed by atoms with van der Waals surface area (Å²) in [5, 5.41) is 7.10. The van der Waals surface area contributed by atoms with Gasteiger partial charge in [0, 0.05) is 37.6 Å². The second-order valence-electron chi connectivity index (χ2n) is 6.33. The van der Waals surface area contributed by atoms with Crippen molar-refractivity contribution < 1.29 is 9.57 Å². The van der Waals surface area contributed by atoms with Crippen molar-refractivity contribution in [3.05, 3.63) is 42.4 Å². The summed E-state index contributed by atoms with van der Waals surface area (Å²) in [5.41, 5.74) is 7.37. The van der Waals surface area contributed by atoms with Crippen LogP contribution in [0.1, 0.15) is 31.9 Å². The zero-order valence-electron chi connectivity index (χ0n) is 16.8. The molecule has 2 heterocycles. The molecule has 2 rings (SSSR count). The van der Waals surface area contributed by atoms with E-state index in [4.69, 9.17) is 15.3 Å². The molecule has 0 saturated carbocycles. The first-order valence-electron chi connectivity index (χ1n) is 9.81. The fourth-order valence-electron chi connectivity index (χ4n) is 2.48. The van der Waals surface area contributed by atoms with Gasteiger partial charge in [0.1, 0.15) is 18.2 Å². The van der Waals surface area contributed by atoms with Gasteiger partial charge in [0.05, 0.1) is 24.7 Å². The van der Waals surface area contributed by atoms with Gasteiger partial charge in [-0.2, -0.15) is 0 Å². The monoisotopic (exact) mass is 418 g/mol. The molecule has 8 nitrogen and oxygen atoms in total. The molecule has 0 spiro atoms. The molecule has 0 atom stereocenters. The average Bonchev–Trinajstić information content (AvgIpc) is 2.72. The van der Waals surface area contributed by atoms with Gasteiger partial charge in [-0.15, -0.1) is 0 Å². The molecule has 3 N–H and O–H groups in total. The smallest absolute Gasteiger partial charge is 0.137 e. The summed E-state index contributed by atoms with van der Waals surface area (Å²) in [6.07, 6.45) is 8.12. The number of thiol groups is 1. The van der Waals surface area contributed by atoms with Crippen molar-refractivity contribution in [3.8, 4) is 5.75 Å². The predicted octanol–water partition coefficient (Wildman–Crippen LogP) is 3.24. The standard InChI is InChI=1S/C20H30N6O2S/c1-2-28-25-15-18-6-7-19(16-24-18)27-13-5-3-4-11-26(29)12-10-22-17-8-9-23-20(21)14-17/h6-9,14-16,29H,2-5,10-13H2,1H3,(H3,21,22,23)/b25-15+. The van der Waals surface area contributed by atoms with Crippen molar-refractivity contribution in [2.24, 2.45) is 5.16 Å². The summed E-state index contributed by atoms with van der Waals surface area (Å²) in [5.74, 6) is 1.28. The molecule has 0 aromatic carbocycles. The largest absolute Gasteiger partial charge is 0.492 e. The number of ether oxygens (including phenoxy) is 1. The summed E-state index contributed by atoms with van der Waals surface area (Å²) in [7, 11) is 0. The molecular formula is C20H30N6O2S. The highest BCUT2D eigenvalue weighted by Crippen LogP contribution is 2.11. The van der Waals surface area contributed by atoms with Gasteiger partial charge in [-0.1, -0.05) is 18.0 Å². The Morgan fingerprint density at radius 1 is 1.21 bits per heavy atom. The van der Waals surface area contributed by atoms with Crippen LogP contribution in [0.4, 0.5) is 11.5 Å². The number of hydrogen-bond acceptors (Lipinski definition) is 9. The first-order valence-corrected chi connectivity index (χ1v) is 10.2. The van der Waals surface area contributed by atoms with Crippen molar-refractivity contribution in [1.29, 1.82) is 0 Å². The Morgan fingerprint density at radius 2 is 2.10 bits per heavy atom. The van der Waals surface area contributed by atoms with Gasteiger partial charge in [0.25, 0.3) is 0 Å². The highest BCUT2D eigenvalue weighted by atomic mass is 32.1. The minimum absolute atomic E-state index is 0.516. The molecule has 0 fully saturated rings. The number of unbranched alkanes of at least 4 members (excludes halogenated alkanes) is 2. The molecule has 0 aliphatic heterocycles. The Hall–Kier alpha value is -2.52. The summed E-state index contributed by atoms with van der Waals surface area (Å²) in [6.45, 7) is 5.67. The molecule has 9 heteroatoms. The first-order chi connectivity index (χ1) is 14.2. The van der Waals surface area contributed by atoms with Gasteiger partial charge in [-0.25, -0.2) is 4.98 Å². The molecule has 0 radical (unpaired) electrons. The lowest BCUT2D eigenvalue weighted by Crippen LogP contribution is -2.22. The second-order valence-corrected chi connectivity index (χ2v) is 6.90. The molecule has 0 amide bonds. The van der Waals surface area contributed by atoms with Gasteiger partial charge >= 0.3 is 0 Å². The topological polar surface area (TPSA) is 97.9 Å². The minimum Gasteiger partial charge on any atom is -0.492 e. The van der Waals surface area contributed by atoms with Crippen molar-refractivity contribution in [1.82, 2.24) is 14.3 Å². The van der Waals surface area contributed by atoms with Gasteiger partial charge in [-0.05, 0) is 44.4 Å². The highest BCUT2D eigenvalue weighted by Gasteiger charge is 2.01. The molecule has 158 valence electrons. The highest BCUT2D eigenvalue weighted by molar-refractivity contribution is 7.77. The number of aromatic nitrogens is 2. The number of nitrogens with one attached hydrogen (secondary N) is 1. The van der Waals surface area contributed by atoms with E-state index in [0.29, 0.717) is 19.0 Å². The number of pyridine rings is 2. The van der Waals surface area contributed by atoms with Crippen LogP contribution in [0.5, 0.6) is 5.75 Å². The fourth-order valence-corrected chi connectivity index (χ4v) is 2.72. The minimum atomic E-state index is 0.516. The SMILES string of the molecule is CCO/N=C/c1ccc(OCCCCCN(S)CCNc2ccnc(N)c2)cn1. The molecule has 2 aromatic rings. The van der Waals surface area contributed by atoms with Crippen LogP contribution in [0.3, 0.4) is 0 Å². The maximum Gasteiger partial charge on any atom is 0.137 e. The van der Waals surface area contributed by atoms with E-state index in [1.165, 1.54) is 0 Å². The quantitative estimate of drug-likeness (QED) is 0.187. The molecule has 0 saturated heterocycles. The molecule has 2 aromatic heterocycles. The first kappa shape index (κ1) is 22.8. The van der Waals surface area contributed by atoms with Crippen LogP contribution < -0.4 is 15.8 Å². The van der Waals surface area contributed by atoms with Crippen LogP contribution in [0.2, 0.25) is 0 Å². The van der Waals surface area contributed by atoms with Crippen LogP contribution in [0.15, 0.2) is 41.8 Å². The van der Waals surface area contributed by atoms with E-state index in [2.05, 4.69) is 33.3 Å². The van der Waals surface area contributed by atoms with Gasteiger partial charge in [0.2, 0.25) is 0 Å². The Labute approximate surface area is 178 Å². The van der Waals surface area contributed by atoms with Crippen LogP contribution in [-0.2, 0) is 4.84 Å². The summed E-state index contributed by atoms with van der Waals surface area (Å²) < 4.78 is 7.74. The number of nitrogens with two attached hydrogens (primary N) is 1. The summed E-state index contributed by atoms with van der Waals surface area (Å²) >= 11 is 4.52. The number of oxime groups is 1. The van der Waals surface area contributed by atoms with Crippen LogP contribution in [-0.4, -0.2) is 53.3 Å². The third kappa shape index (κ3) is 10.00. The van der Waals surface area contributed by atoms with E-state index < -0.39 is 0 Å².